The molecule has 1 saturated heterocycles. The number of benzene rings is 1. The number of hydrogen-bond acceptors (Lipinski definition) is 4. The molecule has 1 aromatic carbocycles. The van der Waals surface area contributed by atoms with Crippen molar-refractivity contribution >= 4 is 12.1 Å². The van der Waals surface area contributed by atoms with Crippen LogP contribution in [0.2, 0.25) is 0 Å². The maximum Gasteiger partial charge on any atom is 0.410 e. The van der Waals surface area contributed by atoms with Gasteiger partial charge in [-0.3, -0.25) is 4.79 Å². The number of rotatable bonds is 4. The van der Waals surface area contributed by atoms with Crippen molar-refractivity contribution in [2.45, 2.75) is 19.7 Å². The van der Waals surface area contributed by atoms with Crippen molar-refractivity contribution in [1.29, 1.82) is 0 Å². The molecule has 0 unspecified atom stereocenters. The largest absolute Gasteiger partial charge is 0.466 e. The minimum absolute atomic E-state index is 0.0155. The van der Waals surface area contributed by atoms with Gasteiger partial charge in [-0.1, -0.05) is 30.3 Å². The van der Waals surface area contributed by atoms with Gasteiger partial charge in [-0.05, 0) is 12.5 Å². The average molecular weight is 345 g/mol. The van der Waals surface area contributed by atoms with Gasteiger partial charge in [-0.15, -0.1) is 0 Å². The topological polar surface area (TPSA) is 55.8 Å². The Bertz CT molecular complexity index is 576. The van der Waals surface area contributed by atoms with Crippen molar-refractivity contribution in [1.82, 2.24) is 4.90 Å². The van der Waals surface area contributed by atoms with Crippen molar-refractivity contribution in [3.8, 4) is 0 Å². The van der Waals surface area contributed by atoms with Crippen molar-refractivity contribution in [2.24, 2.45) is 11.8 Å². The van der Waals surface area contributed by atoms with Gasteiger partial charge < -0.3 is 14.4 Å². The van der Waals surface area contributed by atoms with Crippen LogP contribution in [-0.4, -0.2) is 42.8 Å². The predicted octanol–water partition coefficient (Wildman–Crippen LogP) is 3.00. The molecule has 1 aliphatic heterocycles. The van der Waals surface area contributed by atoms with E-state index in [9.17, 15) is 22.8 Å². The molecule has 132 valence electrons. The number of alkyl halides is 3. The van der Waals surface area contributed by atoms with Gasteiger partial charge in [0.15, 0.2) is 0 Å². The van der Waals surface area contributed by atoms with Gasteiger partial charge in [0.05, 0.1) is 18.4 Å². The Morgan fingerprint density at radius 2 is 1.83 bits per heavy atom. The monoisotopic (exact) mass is 345 g/mol. The number of hydrogen-bond donors (Lipinski definition) is 0. The standard InChI is InChI=1S/C16H18F3NO4/c1-2-23-14(21)12-8-20(9-13(12)16(17,18)19)15(22)24-10-11-6-4-3-5-7-11/h3-7,12-13H,2,8-10H2,1H3/t12-,13-/m1/s1. The molecule has 1 amide bonds. The minimum atomic E-state index is -4.59. The fraction of sp³-hybridized carbons (Fsp3) is 0.500. The van der Waals surface area contributed by atoms with Crippen LogP contribution in [-0.2, 0) is 20.9 Å². The third-order valence-electron chi connectivity index (χ3n) is 3.79. The summed E-state index contributed by atoms with van der Waals surface area (Å²) >= 11 is 0. The summed E-state index contributed by atoms with van der Waals surface area (Å²) in [5.41, 5.74) is 0.722. The zero-order valence-corrected chi connectivity index (χ0v) is 13.1. The second-order valence-electron chi connectivity index (χ2n) is 5.45. The lowest BCUT2D eigenvalue weighted by Gasteiger charge is -2.19. The van der Waals surface area contributed by atoms with E-state index in [1.807, 2.05) is 0 Å². The van der Waals surface area contributed by atoms with E-state index < -0.39 is 36.6 Å². The Morgan fingerprint density at radius 3 is 2.42 bits per heavy atom. The highest BCUT2D eigenvalue weighted by Gasteiger charge is 2.54. The van der Waals surface area contributed by atoms with Crippen LogP contribution in [0.1, 0.15) is 12.5 Å². The van der Waals surface area contributed by atoms with E-state index in [4.69, 9.17) is 9.47 Å². The van der Waals surface area contributed by atoms with Crippen LogP contribution in [0, 0.1) is 11.8 Å². The summed E-state index contributed by atoms with van der Waals surface area (Å²) in [6.07, 6.45) is -5.47. The maximum atomic E-state index is 13.1. The van der Waals surface area contributed by atoms with E-state index in [-0.39, 0.29) is 19.8 Å². The molecule has 8 heteroatoms. The highest BCUT2D eigenvalue weighted by Crippen LogP contribution is 2.38. The fourth-order valence-electron chi connectivity index (χ4n) is 2.58. The molecule has 0 bridgehead atoms. The minimum Gasteiger partial charge on any atom is -0.466 e. The summed E-state index contributed by atoms with van der Waals surface area (Å²) in [6, 6.07) is 8.78. The van der Waals surface area contributed by atoms with E-state index in [0.717, 1.165) is 10.5 Å². The molecular weight excluding hydrogens is 327 g/mol. The summed E-state index contributed by atoms with van der Waals surface area (Å²) in [7, 11) is 0. The van der Waals surface area contributed by atoms with Crippen LogP contribution in [0.3, 0.4) is 0 Å². The molecule has 1 heterocycles. The molecular formula is C16H18F3NO4. The lowest BCUT2D eigenvalue weighted by atomic mass is 9.96. The number of nitrogens with zero attached hydrogens (tertiary/aromatic N) is 1. The molecule has 0 aromatic heterocycles. The Labute approximate surface area is 137 Å². The number of esters is 1. The summed E-state index contributed by atoms with van der Waals surface area (Å²) in [4.78, 5) is 24.7. The van der Waals surface area contributed by atoms with Crippen LogP contribution in [0.5, 0.6) is 0 Å². The van der Waals surface area contributed by atoms with Gasteiger partial charge >= 0.3 is 18.2 Å². The predicted molar refractivity (Wildman–Crippen MR) is 77.9 cm³/mol. The Morgan fingerprint density at radius 1 is 1.17 bits per heavy atom. The van der Waals surface area contributed by atoms with Gasteiger partial charge in [0, 0.05) is 13.1 Å². The number of carbonyl (C=O) groups is 2. The molecule has 0 radical (unpaired) electrons. The zero-order chi connectivity index (χ0) is 17.7. The van der Waals surface area contributed by atoms with Gasteiger partial charge in [0.1, 0.15) is 6.61 Å². The third kappa shape index (κ3) is 4.39. The molecule has 0 saturated carbocycles. The first-order valence-corrected chi connectivity index (χ1v) is 7.52. The molecule has 0 N–H and O–H groups in total. The van der Waals surface area contributed by atoms with E-state index in [1.54, 1.807) is 30.3 Å². The maximum absolute atomic E-state index is 13.1. The number of likely N-dealkylation sites (tertiary alicyclic amines) is 1. The van der Waals surface area contributed by atoms with Crippen LogP contribution >= 0.6 is 0 Å². The summed E-state index contributed by atoms with van der Waals surface area (Å²) in [6.45, 7) is 0.480. The molecule has 1 aliphatic rings. The number of ether oxygens (including phenoxy) is 2. The zero-order valence-electron chi connectivity index (χ0n) is 13.1. The van der Waals surface area contributed by atoms with E-state index >= 15 is 0 Å². The van der Waals surface area contributed by atoms with Gasteiger partial charge in [0.2, 0.25) is 0 Å². The molecule has 1 fully saturated rings. The number of carbonyl (C=O) groups excluding carboxylic acids is 2. The Kier molecular flexibility index (Phi) is 5.69. The summed E-state index contributed by atoms with van der Waals surface area (Å²) < 4.78 is 49.1. The first-order valence-electron chi connectivity index (χ1n) is 7.52. The highest BCUT2D eigenvalue weighted by molar-refractivity contribution is 5.76. The first-order chi connectivity index (χ1) is 11.3. The van der Waals surface area contributed by atoms with Crippen molar-refractivity contribution < 1.29 is 32.2 Å². The lowest BCUT2D eigenvalue weighted by molar-refractivity contribution is -0.189. The van der Waals surface area contributed by atoms with Crippen LogP contribution < -0.4 is 0 Å². The van der Waals surface area contributed by atoms with Crippen molar-refractivity contribution in [2.75, 3.05) is 19.7 Å². The normalized spacial score (nSPS) is 20.8. The van der Waals surface area contributed by atoms with E-state index in [0.29, 0.717) is 0 Å². The average Bonchev–Trinajstić information content (AvgIpc) is 2.99. The first kappa shape index (κ1) is 18.1. The highest BCUT2D eigenvalue weighted by atomic mass is 19.4. The molecule has 5 nitrogen and oxygen atoms in total. The Hall–Kier alpha value is -2.25. The molecule has 0 spiro atoms. The van der Waals surface area contributed by atoms with E-state index in [2.05, 4.69) is 0 Å². The Balaban J connectivity index is 2.00. The quantitative estimate of drug-likeness (QED) is 0.787. The SMILES string of the molecule is CCOC(=O)[C@@H]1CN(C(=O)OCc2ccccc2)C[C@H]1C(F)(F)F. The van der Waals surface area contributed by atoms with Crippen LogP contribution in [0.4, 0.5) is 18.0 Å². The lowest BCUT2D eigenvalue weighted by Crippen LogP contribution is -2.35. The smallest absolute Gasteiger partial charge is 0.410 e. The molecule has 0 aliphatic carbocycles. The molecule has 2 atom stereocenters. The number of amides is 1. The fourth-order valence-corrected chi connectivity index (χ4v) is 2.58. The van der Waals surface area contributed by atoms with Crippen LogP contribution in [0.25, 0.3) is 0 Å². The van der Waals surface area contributed by atoms with Crippen LogP contribution in [0.15, 0.2) is 30.3 Å². The van der Waals surface area contributed by atoms with Crippen molar-refractivity contribution in [3.05, 3.63) is 35.9 Å². The van der Waals surface area contributed by atoms with E-state index in [1.165, 1.54) is 6.92 Å². The van der Waals surface area contributed by atoms with Gasteiger partial charge in [0.25, 0.3) is 0 Å². The molecule has 2 rings (SSSR count). The number of halogens is 3. The molecule has 1 aromatic rings. The third-order valence-corrected chi connectivity index (χ3v) is 3.79. The van der Waals surface area contributed by atoms with Crippen molar-refractivity contribution in [3.63, 3.8) is 0 Å². The molecule has 24 heavy (non-hydrogen) atoms. The summed E-state index contributed by atoms with van der Waals surface area (Å²) in [5, 5.41) is 0. The second-order valence-corrected chi connectivity index (χ2v) is 5.45. The van der Waals surface area contributed by atoms with Gasteiger partial charge in [-0.2, -0.15) is 13.2 Å². The second kappa shape index (κ2) is 7.55. The van der Waals surface area contributed by atoms with Gasteiger partial charge in [-0.25, -0.2) is 4.79 Å². The summed E-state index contributed by atoms with van der Waals surface area (Å²) in [5.74, 6) is -4.31.